The lowest BCUT2D eigenvalue weighted by Gasteiger charge is -1.95. The molecule has 5 heteroatoms. The van der Waals surface area contributed by atoms with Crippen molar-refractivity contribution in [3.05, 3.63) is 30.2 Å². The van der Waals surface area contributed by atoms with Gasteiger partial charge in [0, 0.05) is 6.20 Å². The molecule has 0 atom stereocenters. The fraction of sp³-hybridized carbons (Fsp3) is 0.222. The zero-order chi connectivity index (χ0) is 9.10. The average molecular weight is 189 g/mol. The molecule has 2 aromatic rings. The van der Waals surface area contributed by atoms with E-state index in [0.717, 1.165) is 0 Å². The van der Waals surface area contributed by atoms with E-state index in [9.17, 15) is 0 Å². The van der Waals surface area contributed by atoms with E-state index in [1.54, 1.807) is 13.1 Å². The zero-order valence-electron chi connectivity index (χ0n) is 7.05. The topological polar surface area (TPSA) is 64.5 Å². The van der Waals surface area contributed by atoms with Crippen LogP contribution in [0, 0.1) is 6.92 Å². The van der Waals surface area contributed by atoms with Crippen LogP contribution in [0.2, 0.25) is 0 Å². The van der Waals surface area contributed by atoms with E-state index in [-0.39, 0.29) is 7.43 Å². The summed E-state index contributed by atoms with van der Waals surface area (Å²) in [5.41, 5.74) is 0.683. The smallest absolute Gasteiger partial charge is 0.221 e. The molecule has 14 heavy (non-hydrogen) atoms. The monoisotopic (exact) mass is 189 g/mol. The molecule has 0 unspecified atom stereocenters. The van der Waals surface area contributed by atoms with Crippen molar-refractivity contribution < 1.29 is 0 Å². The molecule has 0 saturated heterocycles. The van der Waals surface area contributed by atoms with Crippen molar-refractivity contribution in [3.63, 3.8) is 0 Å². The van der Waals surface area contributed by atoms with Gasteiger partial charge < -0.3 is 0 Å². The lowest BCUT2D eigenvalue weighted by atomic mass is 10.3. The van der Waals surface area contributed by atoms with Crippen molar-refractivity contribution >= 4 is 0 Å². The van der Waals surface area contributed by atoms with Crippen LogP contribution in [0.3, 0.4) is 0 Å². The van der Waals surface area contributed by atoms with Crippen LogP contribution in [0.1, 0.15) is 13.3 Å². The van der Waals surface area contributed by atoms with Gasteiger partial charge in [-0.1, -0.05) is 13.5 Å². The Balaban J connectivity index is 0.000000980. The predicted molar refractivity (Wildman–Crippen MR) is 52.3 cm³/mol. The van der Waals surface area contributed by atoms with Crippen LogP contribution in [0.5, 0.6) is 0 Å². The Kier molecular flexibility index (Phi) is 3.17. The van der Waals surface area contributed by atoms with Gasteiger partial charge in [-0.05, 0) is 19.1 Å². The number of aromatic nitrogens is 5. The maximum Gasteiger partial charge on any atom is 0.221 e. The van der Waals surface area contributed by atoms with E-state index in [0.29, 0.717) is 17.3 Å². The third-order valence-corrected chi connectivity index (χ3v) is 1.47. The number of hydrogen-bond donors (Lipinski definition) is 0. The molecule has 0 saturated carbocycles. The first-order chi connectivity index (χ1) is 6.36. The molecule has 2 aromatic heterocycles. The molecule has 0 amide bonds. The first-order valence-corrected chi connectivity index (χ1v) is 3.81. The number of pyridine rings is 1. The Morgan fingerprint density at radius 2 is 1.71 bits per heavy atom. The third-order valence-electron chi connectivity index (χ3n) is 1.47. The molecule has 5 nitrogen and oxygen atoms in total. The summed E-state index contributed by atoms with van der Waals surface area (Å²) < 4.78 is 0. The maximum absolute atomic E-state index is 4.07. The van der Waals surface area contributed by atoms with E-state index in [4.69, 9.17) is 0 Å². The Bertz CT molecular complexity index is 384. The number of rotatable bonds is 1. The summed E-state index contributed by atoms with van der Waals surface area (Å²) in [6, 6.07) is 5.51. The van der Waals surface area contributed by atoms with E-state index < -0.39 is 0 Å². The summed E-state index contributed by atoms with van der Waals surface area (Å²) >= 11 is 0. The molecule has 2 heterocycles. The standard InChI is InChI=1S/C8H7N5.CH4/c1-6-10-12-8(13-11-6)7-4-2-3-5-9-7;/h2-5H,1H3;1H4. The summed E-state index contributed by atoms with van der Waals surface area (Å²) in [6.07, 6.45) is 1.68. The van der Waals surface area contributed by atoms with Gasteiger partial charge in [0.25, 0.3) is 0 Å². The Labute approximate surface area is 82.3 Å². The second kappa shape index (κ2) is 4.36. The van der Waals surface area contributed by atoms with Crippen molar-refractivity contribution in [3.8, 4) is 11.5 Å². The van der Waals surface area contributed by atoms with E-state index in [1.165, 1.54) is 0 Å². The van der Waals surface area contributed by atoms with Crippen molar-refractivity contribution in [2.75, 3.05) is 0 Å². The van der Waals surface area contributed by atoms with Crippen molar-refractivity contribution in [2.45, 2.75) is 14.4 Å². The highest BCUT2D eigenvalue weighted by Crippen LogP contribution is 2.06. The summed E-state index contributed by atoms with van der Waals surface area (Å²) in [5.74, 6) is 1.01. The van der Waals surface area contributed by atoms with Gasteiger partial charge in [-0.3, -0.25) is 4.98 Å². The highest BCUT2D eigenvalue weighted by molar-refractivity contribution is 5.46. The molecule has 72 valence electrons. The van der Waals surface area contributed by atoms with Crippen molar-refractivity contribution in [2.24, 2.45) is 0 Å². The van der Waals surface area contributed by atoms with Gasteiger partial charge in [0.15, 0.2) is 5.82 Å². The van der Waals surface area contributed by atoms with Crippen LogP contribution in [-0.4, -0.2) is 25.4 Å². The van der Waals surface area contributed by atoms with Gasteiger partial charge in [0.1, 0.15) is 5.69 Å². The van der Waals surface area contributed by atoms with E-state index in [1.807, 2.05) is 18.2 Å². The van der Waals surface area contributed by atoms with E-state index >= 15 is 0 Å². The molecule has 0 aromatic carbocycles. The Morgan fingerprint density at radius 1 is 1.00 bits per heavy atom. The first kappa shape index (κ1) is 10.2. The van der Waals surface area contributed by atoms with Gasteiger partial charge in [0.2, 0.25) is 5.82 Å². The van der Waals surface area contributed by atoms with Gasteiger partial charge >= 0.3 is 0 Å². The first-order valence-electron chi connectivity index (χ1n) is 3.81. The highest BCUT2D eigenvalue weighted by Gasteiger charge is 2.01. The molecule has 0 aliphatic heterocycles. The third kappa shape index (κ3) is 2.07. The second-order valence-corrected chi connectivity index (χ2v) is 2.49. The van der Waals surface area contributed by atoms with Gasteiger partial charge in [0.05, 0.1) is 0 Å². The minimum atomic E-state index is 0. The number of nitrogens with zero attached hydrogens (tertiary/aromatic N) is 5. The molecule has 0 bridgehead atoms. The Hall–Kier alpha value is -1.91. The highest BCUT2D eigenvalue weighted by atomic mass is 15.3. The molecular formula is C9H11N5. The molecule has 2 rings (SSSR count). The lowest BCUT2D eigenvalue weighted by Crippen LogP contribution is -1.99. The molecule has 0 spiro atoms. The quantitative estimate of drug-likeness (QED) is 0.676. The summed E-state index contributed by atoms with van der Waals surface area (Å²) in [4.78, 5) is 4.07. The molecular weight excluding hydrogens is 178 g/mol. The fourth-order valence-electron chi connectivity index (χ4n) is 0.877. The van der Waals surface area contributed by atoms with Crippen molar-refractivity contribution in [1.82, 2.24) is 25.4 Å². The molecule has 0 radical (unpaired) electrons. The summed E-state index contributed by atoms with van der Waals surface area (Å²) in [6.45, 7) is 1.74. The summed E-state index contributed by atoms with van der Waals surface area (Å²) in [5, 5.41) is 15.3. The molecule has 0 fully saturated rings. The summed E-state index contributed by atoms with van der Waals surface area (Å²) in [7, 11) is 0. The van der Waals surface area contributed by atoms with Crippen LogP contribution in [0.25, 0.3) is 11.5 Å². The van der Waals surface area contributed by atoms with Crippen LogP contribution in [0.15, 0.2) is 24.4 Å². The minimum Gasteiger partial charge on any atom is -0.253 e. The van der Waals surface area contributed by atoms with E-state index in [2.05, 4.69) is 25.4 Å². The van der Waals surface area contributed by atoms with Crippen LogP contribution in [-0.2, 0) is 0 Å². The van der Waals surface area contributed by atoms with Gasteiger partial charge in [-0.25, -0.2) is 0 Å². The van der Waals surface area contributed by atoms with Crippen LogP contribution < -0.4 is 0 Å². The molecule has 0 aliphatic carbocycles. The van der Waals surface area contributed by atoms with Gasteiger partial charge in [-0.15, -0.1) is 20.4 Å². The zero-order valence-corrected chi connectivity index (χ0v) is 7.05. The minimum absolute atomic E-state index is 0. The predicted octanol–water partition coefficient (Wildman–Crippen LogP) is 1.27. The van der Waals surface area contributed by atoms with Crippen molar-refractivity contribution in [1.29, 1.82) is 0 Å². The normalized spacial score (nSPS) is 9.21. The second-order valence-electron chi connectivity index (χ2n) is 2.49. The Morgan fingerprint density at radius 3 is 2.29 bits per heavy atom. The maximum atomic E-state index is 4.07. The van der Waals surface area contributed by atoms with Gasteiger partial charge in [-0.2, -0.15) is 0 Å². The fourth-order valence-corrected chi connectivity index (χ4v) is 0.877. The average Bonchev–Trinajstić information content (AvgIpc) is 2.20. The molecule has 0 aliphatic rings. The lowest BCUT2D eigenvalue weighted by molar-refractivity contribution is 0.812. The largest absolute Gasteiger partial charge is 0.253 e. The molecule has 0 N–H and O–H groups in total. The number of hydrogen-bond acceptors (Lipinski definition) is 5. The van der Waals surface area contributed by atoms with Crippen LogP contribution in [0.4, 0.5) is 0 Å². The number of aryl methyl sites for hydroxylation is 1. The van der Waals surface area contributed by atoms with Crippen LogP contribution >= 0.6 is 0 Å². The SMILES string of the molecule is C.Cc1nnc(-c2ccccn2)nn1.